The van der Waals surface area contributed by atoms with Gasteiger partial charge in [0.05, 0.1) is 77.3 Å². The molecule has 1 aliphatic carbocycles. The molecule has 86 heavy (non-hydrogen) atoms. The van der Waals surface area contributed by atoms with Crippen molar-refractivity contribution in [3.05, 3.63) is 60.7 Å². The van der Waals surface area contributed by atoms with E-state index in [2.05, 4.69) is 48.5 Å². The van der Waals surface area contributed by atoms with Crippen molar-refractivity contribution in [2.24, 2.45) is 17.8 Å². The zero-order valence-corrected chi connectivity index (χ0v) is 55.8. The molecule has 15 nitrogen and oxygen atoms in total. The van der Waals surface area contributed by atoms with E-state index in [0.717, 1.165) is 57.5 Å². The van der Waals surface area contributed by atoms with Gasteiger partial charge >= 0.3 is 5.97 Å². The molecule has 2 aromatic rings. The standard InChI is InChI=1S/C67H110F2N2O13P.ClH/c1-14-54-66(10,78)59(74)48(6)71(55(72)34-28-20-18-16-15-17-19-21-29-39-85(50-30-24-22-25-31-50,51-32-26-23-27-33-51)52-35-37-67(68,69)38-36-52)43-44(2)41-64(8,77)61(84-63-57(73)53(70(11)12)40-45(3)80-63)46(4)58(47(5)62(76)82-54)83-56-42-65(9,79-13)60(75)49(7)81-56;/h22-27,30-33,44-49,52-54,56-61,63,73-75,77-78H,14-21,28-29,34-43H2,1-13H3;1H/q+1;/p-1/t44-,45-,46-,47-,48-,49+,53+,54-,56+,57-,58-,59-,60+,61-,63+,64-,65-,66+;/m1./s1. The van der Waals surface area contributed by atoms with Gasteiger partial charge in [-0.1, -0.05) is 95.7 Å². The Hall–Kier alpha value is -2.48. The summed E-state index contributed by atoms with van der Waals surface area (Å²) < 4.78 is 67.4. The fourth-order valence-corrected chi connectivity index (χ4v) is 20.0. The molecule has 492 valence electrons. The van der Waals surface area contributed by atoms with E-state index in [-0.39, 0.29) is 81.2 Å². The minimum absolute atomic E-state index is 0. The average Bonchev–Trinajstić information content (AvgIpc) is 1.76. The van der Waals surface area contributed by atoms with Crippen LogP contribution in [0.5, 0.6) is 0 Å². The molecule has 2 aromatic carbocycles. The van der Waals surface area contributed by atoms with Crippen LogP contribution in [0.3, 0.4) is 0 Å². The molecule has 1 saturated carbocycles. The molecule has 3 saturated heterocycles. The minimum Gasteiger partial charge on any atom is -1.00 e. The summed E-state index contributed by atoms with van der Waals surface area (Å²) in [6.07, 6.45) is 1.31. The van der Waals surface area contributed by atoms with Gasteiger partial charge in [0.2, 0.25) is 11.8 Å². The summed E-state index contributed by atoms with van der Waals surface area (Å²) in [6, 6.07) is 20.1. The van der Waals surface area contributed by atoms with Crippen molar-refractivity contribution in [3.63, 3.8) is 0 Å². The van der Waals surface area contributed by atoms with Crippen LogP contribution in [-0.4, -0.2) is 183 Å². The molecule has 4 aliphatic rings. The quantitative estimate of drug-likeness (QED) is 0.0462. The zero-order valence-electron chi connectivity index (χ0n) is 54.1. The molecule has 19 heteroatoms. The molecule has 18 atom stereocenters. The van der Waals surface area contributed by atoms with Crippen LogP contribution in [0.1, 0.15) is 185 Å². The second kappa shape index (κ2) is 32.7. The third kappa shape index (κ3) is 18.4. The van der Waals surface area contributed by atoms with Crippen LogP contribution in [0.25, 0.3) is 0 Å². The maximum Gasteiger partial charge on any atom is 0.311 e. The molecule has 0 unspecified atom stereocenters. The first kappa shape index (κ1) is 74.2. The van der Waals surface area contributed by atoms with Crippen molar-refractivity contribution in [2.75, 3.05) is 33.9 Å². The summed E-state index contributed by atoms with van der Waals surface area (Å²) in [6.45, 7) is 17.3. The second-order valence-corrected chi connectivity index (χ2v) is 31.0. The molecule has 0 radical (unpaired) electrons. The highest BCUT2D eigenvalue weighted by Crippen LogP contribution is 2.65. The van der Waals surface area contributed by atoms with Crippen molar-refractivity contribution < 1.29 is 84.7 Å². The Balaban J connectivity index is 0.0000135. The Kier molecular flexibility index (Phi) is 28.2. The van der Waals surface area contributed by atoms with Gasteiger partial charge in [-0.3, -0.25) is 9.59 Å². The number of carbonyl (C=O) groups excluding carboxylic acids is 2. The lowest BCUT2D eigenvalue weighted by atomic mass is 9.77. The lowest BCUT2D eigenvalue weighted by Crippen LogP contribution is -3.00. The lowest BCUT2D eigenvalue weighted by molar-refractivity contribution is -0.318. The maximum atomic E-state index is 14.7. The fourth-order valence-electron chi connectivity index (χ4n) is 14.7. The number of alkyl halides is 2. The summed E-state index contributed by atoms with van der Waals surface area (Å²) in [5.41, 5.74) is -4.60. The number of likely N-dealkylation sites (N-methyl/N-ethyl adjacent to an activating group) is 1. The molecular formula is C67H110ClF2N2O13P. The fraction of sp³-hybridized carbons (Fsp3) is 0.791. The Morgan fingerprint density at radius 1 is 0.779 bits per heavy atom. The highest BCUT2D eigenvalue weighted by Gasteiger charge is 2.55. The number of methoxy groups -OCH3 is 1. The number of halogens is 3. The summed E-state index contributed by atoms with van der Waals surface area (Å²) >= 11 is 0. The van der Waals surface area contributed by atoms with Gasteiger partial charge in [-0.25, -0.2) is 8.78 Å². The Bertz CT molecular complexity index is 2300. The number of cyclic esters (lactones) is 1. The predicted molar refractivity (Wildman–Crippen MR) is 331 cm³/mol. The Morgan fingerprint density at radius 2 is 1.33 bits per heavy atom. The van der Waals surface area contributed by atoms with Gasteiger partial charge in [0.25, 0.3) is 0 Å². The zero-order chi connectivity index (χ0) is 62.7. The number of aliphatic hydroxyl groups is 5. The molecule has 1 amide bonds. The number of amides is 1. The van der Waals surface area contributed by atoms with Gasteiger partial charge < -0.3 is 76.2 Å². The number of hydrogen-bond acceptors (Lipinski definition) is 14. The average molecular weight is 1260 g/mol. The maximum absolute atomic E-state index is 14.7. The highest BCUT2D eigenvalue weighted by atomic mass is 35.5. The van der Waals surface area contributed by atoms with Gasteiger partial charge in [-0.05, 0) is 144 Å². The number of esters is 1. The number of nitrogens with zero attached hydrogens (tertiary/aromatic N) is 2. The van der Waals surface area contributed by atoms with E-state index in [1.165, 1.54) is 24.6 Å². The van der Waals surface area contributed by atoms with Gasteiger partial charge in [-0.15, -0.1) is 0 Å². The van der Waals surface area contributed by atoms with E-state index in [1.807, 2.05) is 45.0 Å². The van der Waals surface area contributed by atoms with Crippen LogP contribution in [0, 0.1) is 17.8 Å². The van der Waals surface area contributed by atoms with Crippen molar-refractivity contribution >= 4 is 29.7 Å². The second-order valence-electron chi connectivity index (χ2n) is 27.1. The van der Waals surface area contributed by atoms with Crippen LogP contribution >= 0.6 is 7.26 Å². The number of rotatable bonds is 22. The first-order valence-electron chi connectivity index (χ1n) is 32.2. The summed E-state index contributed by atoms with van der Waals surface area (Å²) in [5, 5.41) is 63.2. The van der Waals surface area contributed by atoms with E-state index in [0.29, 0.717) is 25.7 Å². The van der Waals surface area contributed by atoms with E-state index in [1.54, 1.807) is 53.4 Å². The van der Waals surface area contributed by atoms with E-state index in [4.69, 9.17) is 28.4 Å². The smallest absolute Gasteiger partial charge is 0.311 e. The highest BCUT2D eigenvalue weighted by molar-refractivity contribution is 7.90. The summed E-state index contributed by atoms with van der Waals surface area (Å²) in [7, 11) is 3.28. The Morgan fingerprint density at radius 3 is 1.86 bits per heavy atom. The van der Waals surface area contributed by atoms with Crippen molar-refractivity contribution in [1.82, 2.24) is 9.80 Å². The van der Waals surface area contributed by atoms with Gasteiger partial charge in [-0.2, -0.15) is 0 Å². The molecule has 6 rings (SSSR count). The summed E-state index contributed by atoms with van der Waals surface area (Å²) in [5.74, 6) is -5.94. The molecule has 0 aromatic heterocycles. The number of ether oxygens (including phenoxy) is 6. The SMILES string of the molecule is CC[C@H]1OC(=O)[C@H](C)[C@H](O[C@H]2C[C@@](C)(OC)[C@@H](O)[C@H](C)O2)[C@@H](C)[C@@H](O[C@@H]2O[C@H](C)C[C@H](N(C)C)[C@H]2O)[C@](C)(O)C[C@@H](C)CN(C(=O)CCCCCCCCCCC[P+](c2ccccc2)(c2ccccc2)C2CCC(F)(F)CC2)[C@H](C)[C@@H](O)[C@@]1(C)O.[Cl-]. The van der Waals surface area contributed by atoms with Crippen LogP contribution in [0.4, 0.5) is 8.78 Å². The number of benzene rings is 2. The molecular weight excluding hydrogens is 1150 g/mol. The molecule has 0 spiro atoms. The van der Waals surface area contributed by atoms with Crippen LogP contribution in [0.2, 0.25) is 0 Å². The molecule has 3 aliphatic heterocycles. The number of carbonyl (C=O) groups is 2. The monoisotopic (exact) mass is 1250 g/mol. The first-order valence-corrected chi connectivity index (χ1v) is 34.3. The van der Waals surface area contributed by atoms with Gasteiger partial charge in [0.15, 0.2) is 12.6 Å². The van der Waals surface area contributed by atoms with E-state index < -0.39 is 115 Å². The first-order chi connectivity index (χ1) is 40.0. The van der Waals surface area contributed by atoms with Gasteiger partial charge in [0.1, 0.15) is 30.0 Å². The van der Waals surface area contributed by atoms with Crippen molar-refractivity contribution in [1.29, 1.82) is 0 Å². The van der Waals surface area contributed by atoms with Crippen molar-refractivity contribution in [3.8, 4) is 0 Å². The van der Waals surface area contributed by atoms with Gasteiger partial charge in [0, 0.05) is 51.3 Å². The Labute approximate surface area is 521 Å². The lowest BCUT2D eigenvalue weighted by Gasteiger charge is -2.48. The van der Waals surface area contributed by atoms with E-state index in [9.17, 15) is 43.9 Å². The van der Waals surface area contributed by atoms with Crippen molar-refractivity contribution in [2.45, 2.75) is 287 Å². The number of aliphatic hydroxyl groups excluding tert-OH is 3. The normalized spacial score (nSPS) is 36.4. The predicted octanol–water partition coefficient (Wildman–Crippen LogP) is 6.95. The van der Waals surface area contributed by atoms with Crippen LogP contribution < -0.4 is 23.0 Å². The molecule has 4 fully saturated rings. The van der Waals surface area contributed by atoms with Crippen LogP contribution in [-0.2, 0) is 38.0 Å². The molecule has 5 N–H and O–H groups in total. The minimum atomic E-state index is -2.59. The molecule has 0 bridgehead atoms. The van der Waals surface area contributed by atoms with E-state index >= 15 is 0 Å². The van der Waals surface area contributed by atoms with Crippen LogP contribution in [0.15, 0.2) is 60.7 Å². The topological polar surface area (TPSA) is 197 Å². The molecule has 3 heterocycles. The third-order valence-corrected chi connectivity index (χ3v) is 25.1. The number of hydrogen-bond donors (Lipinski definition) is 5. The summed E-state index contributed by atoms with van der Waals surface area (Å²) in [4.78, 5) is 32.8. The largest absolute Gasteiger partial charge is 1.00 e. The third-order valence-electron chi connectivity index (χ3n) is 19.9. The number of unbranched alkanes of at least 4 members (excludes halogenated alkanes) is 8.